The van der Waals surface area contributed by atoms with Crippen LogP contribution in [0.25, 0.3) is 0 Å². The molecule has 0 aliphatic carbocycles. The van der Waals surface area contributed by atoms with Gasteiger partial charge in [-0.3, -0.25) is 4.74 Å². The van der Waals surface area contributed by atoms with Gasteiger partial charge in [0.1, 0.15) is 0 Å². The lowest BCUT2D eigenvalue weighted by Crippen LogP contribution is -2.24. The summed E-state index contributed by atoms with van der Waals surface area (Å²) in [5.41, 5.74) is 0.691. The highest BCUT2D eigenvalue weighted by Gasteiger charge is 2.28. The molecular formula is C9H14F3N3O2. The molecule has 0 saturated heterocycles. The molecule has 17 heavy (non-hydrogen) atoms. The maximum atomic E-state index is 11.6. The molecule has 0 fully saturated rings. The number of aryl methyl sites for hydroxylation is 1. The summed E-state index contributed by atoms with van der Waals surface area (Å²) in [5.74, 6) is 0.591. The van der Waals surface area contributed by atoms with E-state index in [1.807, 2.05) is 0 Å². The molecule has 1 aromatic rings. The molecule has 0 atom stereocenters. The molecule has 0 amide bonds. The molecule has 8 heteroatoms. The average molecular weight is 253 g/mol. The van der Waals surface area contributed by atoms with Gasteiger partial charge in [-0.1, -0.05) is 0 Å². The summed E-state index contributed by atoms with van der Waals surface area (Å²) < 4.78 is 45.0. The maximum absolute atomic E-state index is 11.6. The van der Waals surface area contributed by atoms with Gasteiger partial charge in [0.05, 0.1) is 19.4 Å². The van der Waals surface area contributed by atoms with Crippen LogP contribution in [0.4, 0.5) is 13.2 Å². The second-order valence-electron chi connectivity index (χ2n) is 3.27. The topological polar surface area (TPSA) is 48.3 Å². The van der Waals surface area contributed by atoms with E-state index >= 15 is 0 Å². The van der Waals surface area contributed by atoms with Gasteiger partial charge in [0.2, 0.25) is 5.88 Å². The molecule has 1 N–H and O–H groups in total. The third kappa shape index (κ3) is 5.05. The Morgan fingerprint density at radius 1 is 1.47 bits per heavy atom. The van der Waals surface area contributed by atoms with Gasteiger partial charge in [0.25, 0.3) is 0 Å². The Balaban J connectivity index is 2.22. The van der Waals surface area contributed by atoms with Crippen molar-refractivity contribution in [3.8, 4) is 5.88 Å². The zero-order chi connectivity index (χ0) is 12.9. The van der Waals surface area contributed by atoms with Gasteiger partial charge in [-0.2, -0.15) is 5.10 Å². The summed E-state index contributed by atoms with van der Waals surface area (Å²) in [6.07, 6.45) is -4.57. The number of ether oxygens (including phenoxy) is 2. The SMILES string of the molecule is COc1cc(CNCCOC(F)(F)F)nn1C. The Morgan fingerprint density at radius 3 is 2.71 bits per heavy atom. The minimum Gasteiger partial charge on any atom is -0.481 e. The molecule has 0 aliphatic rings. The number of methoxy groups -OCH3 is 1. The second kappa shape index (κ2) is 5.87. The fraction of sp³-hybridized carbons (Fsp3) is 0.667. The van der Waals surface area contributed by atoms with Crippen LogP contribution in [0.15, 0.2) is 6.07 Å². The van der Waals surface area contributed by atoms with Crippen molar-refractivity contribution in [2.45, 2.75) is 12.9 Å². The Morgan fingerprint density at radius 2 is 2.18 bits per heavy atom. The number of rotatable bonds is 6. The predicted molar refractivity (Wildman–Crippen MR) is 53.5 cm³/mol. The maximum Gasteiger partial charge on any atom is 0.522 e. The van der Waals surface area contributed by atoms with Crippen molar-refractivity contribution < 1.29 is 22.6 Å². The number of hydrogen-bond donors (Lipinski definition) is 1. The molecule has 0 radical (unpaired) electrons. The monoisotopic (exact) mass is 253 g/mol. The van der Waals surface area contributed by atoms with Crippen LogP contribution in [-0.4, -0.2) is 36.4 Å². The molecule has 0 aromatic carbocycles. The van der Waals surface area contributed by atoms with Gasteiger partial charge >= 0.3 is 6.36 Å². The van der Waals surface area contributed by atoms with Crippen molar-refractivity contribution in [2.75, 3.05) is 20.3 Å². The molecule has 0 saturated carbocycles. The zero-order valence-corrected chi connectivity index (χ0v) is 9.54. The van der Waals surface area contributed by atoms with Gasteiger partial charge in [0.15, 0.2) is 0 Å². The van der Waals surface area contributed by atoms with Crippen molar-refractivity contribution >= 4 is 0 Å². The van der Waals surface area contributed by atoms with Crippen LogP contribution in [-0.2, 0) is 18.3 Å². The van der Waals surface area contributed by atoms with Crippen LogP contribution in [0.2, 0.25) is 0 Å². The lowest BCUT2D eigenvalue weighted by molar-refractivity contribution is -0.323. The second-order valence-corrected chi connectivity index (χ2v) is 3.27. The summed E-state index contributed by atoms with van der Waals surface area (Å²) >= 11 is 0. The molecule has 5 nitrogen and oxygen atoms in total. The van der Waals surface area contributed by atoms with E-state index in [2.05, 4.69) is 15.2 Å². The molecule has 1 aromatic heterocycles. The number of hydrogen-bond acceptors (Lipinski definition) is 4. The first-order valence-corrected chi connectivity index (χ1v) is 4.90. The van der Waals surface area contributed by atoms with Gasteiger partial charge in [0, 0.05) is 26.2 Å². The average Bonchev–Trinajstić information content (AvgIpc) is 2.57. The number of alkyl halides is 3. The molecule has 1 rings (SSSR count). The first-order chi connectivity index (χ1) is 7.92. The Bertz CT molecular complexity index is 352. The molecule has 0 spiro atoms. The number of nitrogens with zero attached hydrogens (tertiary/aromatic N) is 2. The standard InChI is InChI=1S/C9H14F3N3O2/c1-15-8(16-2)5-7(14-15)6-13-3-4-17-9(10,11)12/h5,13H,3-4,6H2,1-2H3. The molecular weight excluding hydrogens is 239 g/mol. The summed E-state index contributed by atoms with van der Waals surface area (Å²) in [7, 11) is 3.24. The van der Waals surface area contributed by atoms with E-state index in [-0.39, 0.29) is 6.54 Å². The van der Waals surface area contributed by atoms with E-state index < -0.39 is 13.0 Å². The highest BCUT2D eigenvalue weighted by atomic mass is 19.4. The first kappa shape index (κ1) is 13.8. The number of aromatic nitrogens is 2. The van der Waals surface area contributed by atoms with Crippen LogP contribution >= 0.6 is 0 Å². The van der Waals surface area contributed by atoms with E-state index in [0.29, 0.717) is 18.1 Å². The fourth-order valence-corrected chi connectivity index (χ4v) is 1.24. The normalized spacial score (nSPS) is 11.8. The highest BCUT2D eigenvalue weighted by molar-refractivity contribution is 5.15. The van der Waals surface area contributed by atoms with Crippen molar-refractivity contribution in [3.63, 3.8) is 0 Å². The van der Waals surface area contributed by atoms with Crippen molar-refractivity contribution in [1.29, 1.82) is 0 Å². The third-order valence-electron chi connectivity index (χ3n) is 1.95. The first-order valence-electron chi connectivity index (χ1n) is 4.90. The van der Waals surface area contributed by atoms with E-state index in [1.54, 1.807) is 17.8 Å². The van der Waals surface area contributed by atoms with Gasteiger partial charge in [-0.25, -0.2) is 4.68 Å². The lowest BCUT2D eigenvalue weighted by Gasteiger charge is -2.07. The van der Waals surface area contributed by atoms with Crippen LogP contribution in [0.1, 0.15) is 5.69 Å². The fourth-order valence-electron chi connectivity index (χ4n) is 1.24. The summed E-state index contributed by atoms with van der Waals surface area (Å²) in [4.78, 5) is 0. The van der Waals surface area contributed by atoms with E-state index in [4.69, 9.17) is 4.74 Å². The third-order valence-corrected chi connectivity index (χ3v) is 1.95. The van der Waals surface area contributed by atoms with E-state index in [0.717, 1.165) is 0 Å². The lowest BCUT2D eigenvalue weighted by atomic mass is 10.4. The summed E-state index contributed by atoms with van der Waals surface area (Å²) in [6, 6.07) is 1.71. The van der Waals surface area contributed by atoms with Crippen molar-refractivity contribution in [1.82, 2.24) is 15.1 Å². The summed E-state index contributed by atoms with van der Waals surface area (Å²) in [5, 5.41) is 6.88. The van der Waals surface area contributed by atoms with Crippen LogP contribution in [0.3, 0.4) is 0 Å². The Labute approximate surface area is 96.5 Å². The smallest absolute Gasteiger partial charge is 0.481 e. The number of nitrogens with one attached hydrogen (secondary N) is 1. The zero-order valence-electron chi connectivity index (χ0n) is 9.54. The summed E-state index contributed by atoms with van der Waals surface area (Å²) in [6.45, 7) is 0.0320. The van der Waals surface area contributed by atoms with Crippen LogP contribution in [0.5, 0.6) is 5.88 Å². The largest absolute Gasteiger partial charge is 0.522 e. The molecule has 0 bridgehead atoms. The Kier molecular flexibility index (Phi) is 4.76. The van der Waals surface area contributed by atoms with Crippen LogP contribution < -0.4 is 10.1 Å². The predicted octanol–water partition coefficient (Wildman–Crippen LogP) is 1.05. The van der Waals surface area contributed by atoms with Crippen molar-refractivity contribution in [2.24, 2.45) is 7.05 Å². The van der Waals surface area contributed by atoms with Crippen LogP contribution in [0, 0.1) is 0 Å². The number of halogens is 3. The Hall–Kier alpha value is -1.28. The quantitative estimate of drug-likeness (QED) is 0.770. The van der Waals surface area contributed by atoms with Gasteiger partial charge in [-0.15, -0.1) is 13.2 Å². The van der Waals surface area contributed by atoms with E-state index in [9.17, 15) is 13.2 Å². The van der Waals surface area contributed by atoms with Gasteiger partial charge in [-0.05, 0) is 0 Å². The minimum absolute atomic E-state index is 0.0956. The highest BCUT2D eigenvalue weighted by Crippen LogP contribution is 2.15. The molecule has 1 heterocycles. The van der Waals surface area contributed by atoms with E-state index in [1.165, 1.54) is 7.11 Å². The minimum atomic E-state index is -4.57. The molecule has 98 valence electrons. The van der Waals surface area contributed by atoms with Gasteiger partial charge < -0.3 is 10.1 Å². The molecule has 0 unspecified atom stereocenters. The molecule has 0 aliphatic heterocycles. The van der Waals surface area contributed by atoms with Crippen molar-refractivity contribution in [3.05, 3.63) is 11.8 Å².